The Morgan fingerprint density at radius 1 is 1.03 bits per heavy atom. The molecule has 0 aliphatic carbocycles. The number of halogens is 5. The first-order valence-corrected chi connectivity index (χ1v) is 12.6. The molecule has 0 spiro atoms. The fourth-order valence-corrected chi connectivity index (χ4v) is 4.52. The maximum atomic E-state index is 13.1. The summed E-state index contributed by atoms with van der Waals surface area (Å²) in [6.07, 6.45) is -4.57. The first kappa shape index (κ1) is 26.8. The second-order valence-electron chi connectivity index (χ2n) is 7.58. The highest BCUT2D eigenvalue weighted by molar-refractivity contribution is 7.99. The molecule has 4 aromatic rings. The summed E-state index contributed by atoms with van der Waals surface area (Å²) in [5.41, 5.74) is 0.288. The molecule has 192 valence electrons. The van der Waals surface area contributed by atoms with E-state index in [1.165, 1.54) is 0 Å². The zero-order valence-electron chi connectivity index (χ0n) is 19.2. The number of carbonyl (C=O) groups is 1. The fourth-order valence-electron chi connectivity index (χ4n) is 3.39. The zero-order valence-corrected chi connectivity index (χ0v) is 21.5. The summed E-state index contributed by atoms with van der Waals surface area (Å²) in [4.78, 5) is 12.6. The molecule has 0 saturated heterocycles. The molecule has 0 fully saturated rings. The van der Waals surface area contributed by atoms with Crippen LogP contribution in [-0.2, 0) is 11.0 Å². The molecule has 1 amide bonds. The monoisotopic (exact) mass is 566 g/mol. The third kappa shape index (κ3) is 6.38. The number of ether oxygens (including phenoxy) is 1. The maximum absolute atomic E-state index is 13.1. The third-order valence-electron chi connectivity index (χ3n) is 5.05. The molecule has 0 radical (unpaired) electrons. The number of nitrogens with zero attached hydrogens (tertiary/aromatic N) is 3. The van der Waals surface area contributed by atoms with E-state index in [2.05, 4.69) is 15.5 Å². The Kier molecular flexibility index (Phi) is 8.31. The van der Waals surface area contributed by atoms with Gasteiger partial charge in [0.2, 0.25) is 5.91 Å². The Labute approximate surface area is 224 Å². The van der Waals surface area contributed by atoms with Gasteiger partial charge in [-0.1, -0.05) is 47.1 Å². The van der Waals surface area contributed by atoms with Crippen LogP contribution in [0, 0.1) is 0 Å². The van der Waals surface area contributed by atoms with Gasteiger partial charge in [-0.2, -0.15) is 13.2 Å². The molecule has 0 bridgehead atoms. The highest BCUT2D eigenvalue weighted by Gasteiger charge is 2.31. The molecule has 0 aliphatic rings. The van der Waals surface area contributed by atoms with Gasteiger partial charge < -0.3 is 10.1 Å². The smallest absolute Gasteiger partial charge is 0.416 e. The van der Waals surface area contributed by atoms with Crippen LogP contribution in [0.3, 0.4) is 0 Å². The maximum Gasteiger partial charge on any atom is 0.416 e. The average molecular weight is 567 g/mol. The highest BCUT2D eigenvalue weighted by Crippen LogP contribution is 2.35. The van der Waals surface area contributed by atoms with Gasteiger partial charge in [-0.05, 0) is 61.5 Å². The van der Waals surface area contributed by atoms with E-state index < -0.39 is 17.6 Å². The van der Waals surface area contributed by atoms with E-state index in [4.69, 9.17) is 27.9 Å². The molecule has 0 unspecified atom stereocenters. The van der Waals surface area contributed by atoms with Gasteiger partial charge in [0.1, 0.15) is 5.75 Å². The molecule has 0 atom stereocenters. The number of carbonyl (C=O) groups excluding carboxylic acids is 1. The molecule has 0 saturated carbocycles. The summed E-state index contributed by atoms with van der Waals surface area (Å²) < 4.78 is 46.4. The van der Waals surface area contributed by atoms with Crippen LogP contribution >= 0.6 is 35.0 Å². The minimum Gasteiger partial charge on any atom is -0.494 e. The van der Waals surface area contributed by atoms with Crippen molar-refractivity contribution >= 4 is 46.6 Å². The van der Waals surface area contributed by atoms with E-state index in [-0.39, 0.29) is 16.5 Å². The van der Waals surface area contributed by atoms with Crippen molar-refractivity contribution in [3.05, 3.63) is 82.3 Å². The Bertz CT molecular complexity index is 1410. The van der Waals surface area contributed by atoms with Crippen molar-refractivity contribution in [2.24, 2.45) is 0 Å². The number of thioether (sulfide) groups is 1. The van der Waals surface area contributed by atoms with E-state index in [0.29, 0.717) is 39.6 Å². The van der Waals surface area contributed by atoms with Crippen molar-refractivity contribution < 1.29 is 22.7 Å². The lowest BCUT2D eigenvalue weighted by Gasteiger charge is -2.13. The Morgan fingerprint density at radius 3 is 2.43 bits per heavy atom. The van der Waals surface area contributed by atoms with E-state index >= 15 is 0 Å². The molecule has 4 rings (SSSR count). The van der Waals surface area contributed by atoms with Gasteiger partial charge in [0.05, 0.1) is 33.7 Å². The van der Waals surface area contributed by atoms with Gasteiger partial charge in [0.15, 0.2) is 11.0 Å². The van der Waals surface area contributed by atoms with Gasteiger partial charge in [0.25, 0.3) is 0 Å². The van der Waals surface area contributed by atoms with Crippen LogP contribution in [0.4, 0.5) is 18.9 Å². The van der Waals surface area contributed by atoms with E-state index in [1.807, 2.05) is 25.1 Å². The molecule has 3 aromatic carbocycles. The topological polar surface area (TPSA) is 69.0 Å². The molecule has 1 N–H and O–H groups in total. The zero-order chi connectivity index (χ0) is 26.6. The number of amides is 1. The second-order valence-corrected chi connectivity index (χ2v) is 9.33. The number of benzene rings is 3. The predicted octanol–water partition coefficient (Wildman–Crippen LogP) is 7.39. The van der Waals surface area contributed by atoms with Gasteiger partial charge >= 0.3 is 6.18 Å². The summed E-state index contributed by atoms with van der Waals surface area (Å²) in [6, 6.07) is 17.1. The van der Waals surface area contributed by atoms with Crippen LogP contribution in [0.5, 0.6) is 5.75 Å². The van der Waals surface area contributed by atoms with Crippen LogP contribution in [0.2, 0.25) is 10.0 Å². The Hall–Kier alpha value is -3.21. The number of anilines is 1. The summed E-state index contributed by atoms with van der Waals surface area (Å²) in [5.74, 6) is 0.417. The summed E-state index contributed by atoms with van der Waals surface area (Å²) in [7, 11) is 0. The number of alkyl halides is 3. The largest absolute Gasteiger partial charge is 0.494 e. The predicted molar refractivity (Wildman–Crippen MR) is 139 cm³/mol. The molecule has 0 aliphatic heterocycles. The number of hydrogen-bond acceptors (Lipinski definition) is 5. The van der Waals surface area contributed by atoms with Gasteiger partial charge in [-0.25, -0.2) is 0 Å². The van der Waals surface area contributed by atoms with Crippen molar-refractivity contribution in [3.8, 4) is 22.8 Å². The number of nitrogens with one attached hydrogen (secondary N) is 1. The van der Waals surface area contributed by atoms with Gasteiger partial charge in [-0.3, -0.25) is 9.36 Å². The molecule has 6 nitrogen and oxygen atoms in total. The average Bonchev–Trinajstić information content (AvgIpc) is 3.28. The molecule has 1 heterocycles. The number of rotatable bonds is 8. The second kappa shape index (κ2) is 11.5. The lowest BCUT2D eigenvalue weighted by atomic mass is 10.2. The van der Waals surface area contributed by atoms with E-state index in [1.54, 1.807) is 34.9 Å². The van der Waals surface area contributed by atoms with Crippen molar-refractivity contribution in [3.63, 3.8) is 0 Å². The van der Waals surface area contributed by atoms with Gasteiger partial charge in [0, 0.05) is 11.3 Å². The minimum absolute atomic E-state index is 0.00934. The highest BCUT2D eigenvalue weighted by atomic mass is 35.5. The van der Waals surface area contributed by atoms with E-state index in [0.717, 1.165) is 30.0 Å². The quantitative estimate of drug-likeness (QED) is 0.225. The molecule has 37 heavy (non-hydrogen) atoms. The first-order chi connectivity index (χ1) is 17.7. The van der Waals surface area contributed by atoms with Gasteiger partial charge in [-0.15, -0.1) is 10.2 Å². The summed E-state index contributed by atoms with van der Waals surface area (Å²) >= 11 is 13.5. The van der Waals surface area contributed by atoms with Crippen LogP contribution < -0.4 is 10.1 Å². The molecule has 12 heteroatoms. The lowest BCUT2D eigenvalue weighted by molar-refractivity contribution is -0.137. The standard InChI is InChI=1S/C25H19Cl2F3N4O2S/c1-2-36-17-10-8-16(9-11-17)34-23(18-5-3-4-6-19(18)26)32-33-24(34)37-14-22(35)31-21-13-15(25(28,29)30)7-12-20(21)27/h3-13H,2,14H2,1H3,(H,31,35). The van der Waals surface area contributed by atoms with Crippen molar-refractivity contribution in [1.29, 1.82) is 0 Å². The summed E-state index contributed by atoms with van der Waals surface area (Å²) in [6.45, 7) is 2.40. The Balaban J connectivity index is 1.60. The summed E-state index contributed by atoms with van der Waals surface area (Å²) in [5, 5.41) is 11.8. The molecular formula is C25H19Cl2F3N4O2S. The SMILES string of the molecule is CCOc1ccc(-n2c(SCC(=O)Nc3cc(C(F)(F)F)ccc3Cl)nnc2-c2ccccc2Cl)cc1. The number of aromatic nitrogens is 3. The molecular weight excluding hydrogens is 548 g/mol. The lowest BCUT2D eigenvalue weighted by Crippen LogP contribution is -2.16. The van der Waals surface area contributed by atoms with Crippen LogP contribution in [0.1, 0.15) is 12.5 Å². The normalized spacial score (nSPS) is 11.4. The van der Waals surface area contributed by atoms with Crippen molar-refractivity contribution in [1.82, 2.24) is 14.8 Å². The van der Waals surface area contributed by atoms with Crippen molar-refractivity contribution in [2.75, 3.05) is 17.7 Å². The Morgan fingerprint density at radius 2 is 1.76 bits per heavy atom. The molecule has 1 aromatic heterocycles. The fraction of sp³-hybridized carbons (Fsp3) is 0.160. The third-order valence-corrected chi connectivity index (χ3v) is 6.64. The van der Waals surface area contributed by atoms with Crippen molar-refractivity contribution in [2.45, 2.75) is 18.3 Å². The van der Waals surface area contributed by atoms with Crippen LogP contribution in [0.15, 0.2) is 71.9 Å². The first-order valence-electron chi connectivity index (χ1n) is 10.9. The van der Waals surface area contributed by atoms with Crippen LogP contribution in [-0.4, -0.2) is 33.0 Å². The number of hydrogen-bond donors (Lipinski definition) is 1. The minimum atomic E-state index is -4.57. The van der Waals surface area contributed by atoms with E-state index in [9.17, 15) is 18.0 Å². The van der Waals surface area contributed by atoms with Crippen LogP contribution in [0.25, 0.3) is 17.1 Å².